The zero-order valence-electron chi connectivity index (χ0n) is 6.19. The summed E-state index contributed by atoms with van der Waals surface area (Å²) in [6.45, 7) is 1.69. The molecule has 0 fully saturated rings. The van der Waals surface area contributed by atoms with Crippen molar-refractivity contribution < 1.29 is 0 Å². The van der Waals surface area contributed by atoms with Gasteiger partial charge in [-0.3, -0.25) is 0 Å². The van der Waals surface area contributed by atoms with Crippen LogP contribution in [0, 0.1) is 0 Å². The Morgan fingerprint density at radius 2 is 2.45 bits per heavy atom. The summed E-state index contributed by atoms with van der Waals surface area (Å²) in [4.78, 5) is 14.5. The average Bonchev–Trinajstić information content (AvgIpc) is 1.85. The minimum Gasteiger partial charge on any atom is -0.383 e. The third-order valence-electron chi connectivity index (χ3n) is 1.29. The molecule has 0 aliphatic carbocycles. The van der Waals surface area contributed by atoms with Gasteiger partial charge < -0.3 is 10.3 Å². The maximum Gasteiger partial charge on any atom is 0.349 e. The fraction of sp³-hybridized carbons (Fsp3) is 0.333. The van der Waals surface area contributed by atoms with Crippen molar-refractivity contribution in [2.24, 2.45) is 0 Å². The lowest BCUT2D eigenvalue weighted by Crippen LogP contribution is -2.25. The quantitative estimate of drug-likeness (QED) is 0.548. The first-order chi connectivity index (χ1) is 5.11. The lowest BCUT2D eigenvalue weighted by atomic mass is 9.99. The molecular formula is C6H8BN3O. The van der Waals surface area contributed by atoms with E-state index < -0.39 is 5.69 Å². The number of nitrogens with zero attached hydrogens (tertiary/aromatic N) is 2. The van der Waals surface area contributed by atoms with Crippen molar-refractivity contribution in [1.29, 1.82) is 0 Å². The molecular weight excluding hydrogens is 141 g/mol. The van der Waals surface area contributed by atoms with Crippen molar-refractivity contribution in [2.45, 2.75) is 12.9 Å². The first-order valence-electron chi connectivity index (χ1n) is 3.21. The van der Waals surface area contributed by atoms with Gasteiger partial charge in [0.1, 0.15) is 5.82 Å². The molecule has 1 aromatic rings. The maximum absolute atomic E-state index is 11.0. The third kappa shape index (κ3) is 1.60. The smallest absolute Gasteiger partial charge is 0.349 e. The summed E-state index contributed by atoms with van der Waals surface area (Å²) < 4.78 is 1.30. The second kappa shape index (κ2) is 2.78. The zero-order chi connectivity index (χ0) is 8.43. The molecule has 0 amide bonds. The topological polar surface area (TPSA) is 60.9 Å². The normalized spacial score (nSPS) is 12.8. The van der Waals surface area contributed by atoms with E-state index in [0.29, 0.717) is 0 Å². The van der Waals surface area contributed by atoms with Crippen LogP contribution in [0.4, 0.5) is 5.82 Å². The molecule has 1 heterocycles. The Balaban J connectivity index is 3.21. The summed E-state index contributed by atoms with van der Waals surface area (Å²) in [5, 5.41) is 0. The van der Waals surface area contributed by atoms with E-state index in [0.717, 1.165) is 0 Å². The highest BCUT2D eigenvalue weighted by atomic mass is 16.1. The van der Waals surface area contributed by atoms with Gasteiger partial charge in [-0.1, -0.05) is 6.92 Å². The van der Waals surface area contributed by atoms with E-state index in [1.165, 1.54) is 16.8 Å². The van der Waals surface area contributed by atoms with Crippen LogP contribution in [0.2, 0.25) is 0 Å². The summed E-state index contributed by atoms with van der Waals surface area (Å²) in [5.74, 6) is -0.150. The number of nitrogen functional groups attached to an aromatic ring is 1. The monoisotopic (exact) mass is 149 g/mol. The maximum atomic E-state index is 11.0. The number of hydrogen-bond donors (Lipinski definition) is 1. The summed E-state index contributed by atoms with van der Waals surface area (Å²) >= 11 is 0. The second-order valence-corrected chi connectivity index (χ2v) is 2.28. The average molecular weight is 149 g/mol. The van der Waals surface area contributed by atoms with Gasteiger partial charge in [0.15, 0.2) is 0 Å². The molecule has 1 unspecified atom stereocenters. The van der Waals surface area contributed by atoms with Crippen molar-refractivity contribution >= 4 is 13.7 Å². The van der Waals surface area contributed by atoms with Gasteiger partial charge in [-0.2, -0.15) is 4.98 Å². The molecule has 2 radical (unpaired) electrons. The molecule has 5 heteroatoms. The molecule has 2 N–H and O–H groups in total. The standard InChI is InChI=1S/C6H8BN3O/c1-4(7)10-3-2-5(8)9-6(10)11/h2-4H,1H3,(H2,8,9,11). The summed E-state index contributed by atoms with van der Waals surface area (Å²) in [6.07, 6.45) is 1.52. The van der Waals surface area contributed by atoms with Crippen LogP contribution in [-0.2, 0) is 0 Å². The highest BCUT2D eigenvalue weighted by Crippen LogP contribution is 1.95. The van der Waals surface area contributed by atoms with Crippen LogP contribution >= 0.6 is 0 Å². The molecule has 0 aliphatic heterocycles. The van der Waals surface area contributed by atoms with Gasteiger partial charge in [0, 0.05) is 6.20 Å². The lowest BCUT2D eigenvalue weighted by Gasteiger charge is -2.07. The van der Waals surface area contributed by atoms with Crippen molar-refractivity contribution in [2.75, 3.05) is 5.73 Å². The van der Waals surface area contributed by atoms with Crippen LogP contribution in [0.1, 0.15) is 12.9 Å². The van der Waals surface area contributed by atoms with Crippen molar-refractivity contribution in [3.8, 4) is 0 Å². The Labute approximate surface area is 65.5 Å². The molecule has 0 saturated heterocycles. The Morgan fingerprint density at radius 3 is 2.91 bits per heavy atom. The number of rotatable bonds is 1. The van der Waals surface area contributed by atoms with Gasteiger partial charge in [-0.25, -0.2) is 4.79 Å². The molecule has 0 saturated carbocycles. The fourth-order valence-electron chi connectivity index (χ4n) is 0.736. The van der Waals surface area contributed by atoms with E-state index in [1.807, 2.05) is 0 Å². The largest absolute Gasteiger partial charge is 0.383 e. The molecule has 1 atom stereocenters. The van der Waals surface area contributed by atoms with Gasteiger partial charge in [-0.05, 0) is 12.0 Å². The Hall–Kier alpha value is -1.26. The first-order valence-corrected chi connectivity index (χ1v) is 3.21. The molecule has 0 spiro atoms. The Bertz CT molecular complexity index is 307. The zero-order valence-corrected chi connectivity index (χ0v) is 6.19. The highest BCUT2D eigenvalue weighted by molar-refractivity contribution is 6.10. The third-order valence-corrected chi connectivity index (χ3v) is 1.29. The number of aromatic nitrogens is 2. The molecule has 0 bridgehead atoms. The van der Waals surface area contributed by atoms with E-state index in [4.69, 9.17) is 13.6 Å². The van der Waals surface area contributed by atoms with E-state index in [9.17, 15) is 4.79 Å². The fourth-order valence-corrected chi connectivity index (χ4v) is 0.736. The second-order valence-electron chi connectivity index (χ2n) is 2.28. The Kier molecular flexibility index (Phi) is 1.98. The minimum absolute atomic E-state index is 0.215. The highest BCUT2D eigenvalue weighted by Gasteiger charge is 1.99. The van der Waals surface area contributed by atoms with Gasteiger partial charge in [0.2, 0.25) is 0 Å². The number of hydrogen-bond acceptors (Lipinski definition) is 3. The minimum atomic E-state index is -0.417. The van der Waals surface area contributed by atoms with Gasteiger partial charge in [-0.15, -0.1) is 0 Å². The molecule has 11 heavy (non-hydrogen) atoms. The predicted octanol–water partition coefficient (Wildman–Crippen LogP) is -0.487. The van der Waals surface area contributed by atoms with Gasteiger partial charge in [0.05, 0.1) is 7.85 Å². The van der Waals surface area contributed by atoms with Gasteiger partial charge in [0.25, 0.3) is 0 Å². The van der Waals surface area contributed by atoms with E-state index >= 15 is 0 Å². The van der Waals surface area contributed by atoms with Crippen molar-refractivity contribution in [1.82, 2.24) is 9.55 Å². The van der Waals surface area contributed by atoms with Crippen LogP contribution < -0.4 is 11.4 Å². The van der Waals surface area contributed by atoms with Crippen LogP contribution in [-0.4, -0.2) is 17.4 Å². The van der Waals surface area contributed by atoms with E-state index in [-0.39, 0.29) is 11.8 Å². The van der Waals surface area contributed by atoms with Crippen LogP contribution in [0.3, 0.4) is 0 Å². The number of nitrogens with two attached hydrogens (primary N) is 1. The Morgan fingerprint density at radius 1 is 1.82 bits per heavy atom. The molecule has 56 valence electrons. The lowest BCUT2D eigenvalue weighted by molar-refractivity contribution is 0.672. The van der Waals surface area contributed by atoms with E-state index in [1.54, 1.807) is 6.92 Å². The summed E-state index contributed by atoms with van der Waals surface area (Å²) in [6, 6.07) is 1.53. The van der Waals surface area contributed by atoms with Crippen LogP contribution in [0.25, 0.3) is 0 Å². The van der Waals surface area contributed by atoms with Crippen LogP contribution in [0.5, 0.6) is 0 Å². The number of anilines is 1. The van der Waals surface area contributed by atoms with Crippen molar-refractivity contribution in [3.63, 3.8) is 0 Å². The molecule has 4 nitrogen and oxygen atoms in total. The summed E-state index contributed by atoms with van der Waals surface area (Å²) in [7, 11) is 5.45. The predicted molar refractivity (Wildman–Crippen MR) is 43.4 cm³/mol. The molecule has 1 rings (SSSR count). The van der Waals surface area contributed by atoms with Crippen molar-refractivity contribution in [3.05, 3.63) is 22.7 Å². The summed E-state index contributed by atoms with van der Waals surface area (Å²) in [5.41, 5.74) is 4.85. The van der Waals surface area contributed by atoms with Crippen LogP contribution in [0.15, 0.2) is 17.1 Å². The first kappa shape index (κ1) is 7.85. The molecule has 0 aliphatic rings. The molecule has 0 aromatic carbocycles. The van der Waals surface area contributed by atoms with E-state index in [2.05, 4.69) is 4.98 Å². The SMILES string of the molecule is [B]C(C)n1ccc(N)nc1=O. The van der Waals surface area contributed by atoms with Gasteiger partial charge >= 0.3 is 5.69 Å². The molecule has 1 aromatic heterocycles.